The van der Waals surface area contributed by atoms with E-state index < -0.39 is 29.6 Å². The maximum atomic E-state index is 13.6. The first-order chi connectivity index (χ1) is 12.9. The standard InChI is InChI=1S/C19H17FN2O5/c1-27-15-9-12(7-13(10-15)19(25)26)18(24)22-6-5-21-17(23)16(22)11-3-2-4-14(20)8-11/h2-4,7-10,16H,5-6H2,1H3,(H,21,23)(H,25,26)/t16-/m0/s1. The number of amides is 2. The molecule has 0 unspecified atom stereocenters. The van der Waals surface area contributed by atoms with Crippen LogP contribution in [0.3, 0.4) is 0 Å². The summed E-state index contributed by atoms with van der Waals surface area (Å²) >= 11 is 0. The van der Waals surface area contributed by atoms with Gasteiger partial charge < -0.3 is 20.1 Å². The summed E-state index contributed by atoms with van der Waals surface area (Å²) in [6.07, 6.45) is 0. The number of benzene rings is 2. The molecule has 1 fully saturated rings. The van der Waals surface area contributed by atoms with E-state index >= 15 is 0 Å². The van der Waals surface area contributed by atoms with Gasteiger partial charge in [-0.1, -0.05) is 12.1 Å². The summed E-state index contributed by atoms with van der Waals surface area (Å²) < 4.78 is 18.7. The van der Waals surface area contributed by atoms with Gasteiger partial charge in [0.15, 0.2) is 0 Å². The van der Waals surface area contributed by atoms with E-state index in [9.17, 15) is 23.9 Å². The molecule has 0 aromatic heterocycles. The summed E-state index contributed by atoms with van der Waals surface area (Å²) in [5.74, 6) is -2.49. The Balaban J connectivity index is 2.02. The Morgan fingerprint density at radius 3 is 2.63 bits per heavy atom. The topological polar surface area (TPSA) is 95.9 Å². The van der Waals surface area contributed by atoms with Crippen LogP contribution >= 0.6 is 0 Å². The van der Waals surface area contributed by atoms with E-state index in [1.807, 2.05) is 0 Å². The van der Waals surface area contributed by atoms with Gasteiger partial charge >= 0.3 is 5.97 Å². The predicted molar refractivity (Wildman–Crippen MR) is 93.1 cm³/mol. The fourth-order valence-electron chi connectivity index (χ4n) is 3.02. The van der Waals surface area contributed by atoms with Crippen molar-refractivity contribution in [2.75, 3.05) is 20.2 Å². The normalized spacial score (nSPS) is 16.6. The first-order valence-corrected chi connectivity index (χ1v) is 8.17. The molecule has 140 valence electrons. The van der Waals surface area contributed by atoms with E-state index in [2.05, 4.69) is 5.32 Å². The number of methoxy groups -OCH3 is 1. The second-order valence-electron chi connectivity index (χ2n) is 6.00. The number of carboxylic acids is 1. The number of carboxylic acid groups (broad SMARTS) is 1. The third-order valence-corrected chi connectivity index (χ3v) is 4.27. The number of nitrogens with zero attached hydrogens (tertiary/aromatic N) is 1. The highest BCUT2D eigenvalue weighted by molar-refractivity contribution is 6.01. The number of hydrogen-bond donors (Lipinski definition) is 2. The summed E-state index contributed by atoms with van der Waals surface area (Å²) in [6.45, 7) is 0.442. The lowest BCUT2D eigenvalue weighted by atomic mass is 10.0. The van der Waals surface area contributed by atoms with Crippen LogP contribution in [0.5, 0.6) is 5.75 Å². The van der Waals surface area contributed by atoms with Crippen molar-refractivity contribution in [1.82, 2.24) is 10.2 Å². The molecule has 1 saturated heterocycles. The van der Waals surface area contributed by atoms with E-state index in [1.165, 1.54) is 48.4 Å². The summed E-state index contributed by atoms with van der Waals surface area (Å²) in [5, 5.41) is 11.9. The molecule has 0 saturated carbocycles. The van der Waals surface area contributed by atoms with Gasteiger partial charge in [0.2, 0.25) is 5.91 Å². The Morgan fingerprint density at radius 2 is 1.96 bits per heavy atom. The van der Waals surface area contributed by atoms with Gasteiger partial charge in [0.1, 0.15) is 17.6 Å². The largest absolute Gasteiger partial charge is 0.497 e. The number of halogens is 1. The zero-order chi connectivity index (χ0) is 19.6. The van der Waals surface area contributed by atoms with Gasteiger partial charge in [-0.25, -0.2) is 9.18 Å². The van der Waals surface area contributed by atoms with E-state index in [0.717, 1.165) is 0 Å². The van der Waals surface area contributed by atoms with Crippen molar-refractivity contribution in [2.24, 2.45) is 0 Å². The Kier molecular flexibility index (Phi) is 5.07. The van der Waals surface area contributed by atoms with Crippen LogP contribution in [0.15, 0.2) is 42.5 Å². The number of carbonyl (C=O) groups is 3. The summed E-state index contributed by atoms with van der Waals surface area (Å²) in [4.78, 5) is 38.1. The second-order valence-corrected chi connectivity index (χ2v) is 6.00. The van der Waals surface area contributed by atoms with Crippen molar-refractivity contribution < 1.29 is 28.6 Å². The third-order valence-electron chi connectivity index (χ3n) is 4.27. The van der Waals surface area contributed by atoms with Crippen LogP contribution in [0.1, 0.15) is 32.3 Å². The number of nitrogens with one attached hydrogen (secondary N) is 1. The Labute approximate surface area is 154 Å². The van der Waals surface area contributed by atoms with Gasteiger partial charge in [-0.3, -0.25) is 9.59 Å². The van der Waals surface area contributed by atoms with Crippen LogP contribution in [-0.2, 0) is 4.79 Å². The van der Waals surface area contributed by atoms with E-state index in [-0.39, 0.29) is 30.0 Å². The summed E-state index contributed by atoms with van der Waals surface area (Å²) in [6, 6.07) is 8.39. The van der Waals surface area contributed by atoms with E-state index in [4.69, 9.17) is 4.74 Å². The van der Waals surface area contributed by atoms with Crippen molar-refractivity contribution in [2.45, 2.75) is 6.04 Å². The monoisotopic (exact) mass is 372 g/mol. The first-order valence-electron chi connectivity index (χ1n) is 8.17. The molecule has 8 heteroatoms. The molecule has 2 N–H and O–H groups in total. The summed E-state index contributed by atoms with van der Waals surface area (Å²) in [5.41, 5.74) is 0.297. The molecule has 1 heterocycles. The number of carbonyl (C=O) groups excluding carboxylic acids is 2. The predicted octanol–water partition coefficient (Wildman–Crippen LogP) is 1.85. The van der Waals surface area contributed by atoms with Crippen LogP contribution < -0.4 is 10.1 Å². The number of aromatic carboxylic acids is 1. The zero-order valence-electron chi connectivity index (χ0n) is 14.4. The molecule has 7 nitrogen and oxygen atoms in total. The SMILES string of the molecule is COc1cc(C(=O)O)cc(C(=O)N2CCNC(=O)[C@@H]2c2cccc(F)c2)c1. The van der Waals surface area contributed by atoms with Crippen molar-refractivity contribution >= 4 is 17.8 Å². The van der Waals surface area contributed by atoms with Crippen molar-refractivity contribution in [1.29, 1.82) is 0 Å². The highest BCUT2D eigenvalue weighted by Crippen LogP contribution is 2.27. The summed E-state index contributed by atoms with van der Waals surface area (Å²) in [7, 11) is 1.36. The van der Waals surface area contributed by atoms with E-state index in [0.29, 0.717) is 5.56 Å². The van der Waals surface area contributed by atoms with Gasteiger partial charge in [0.25, 0.3) is 5.91 Å². The minimum absolute atomic E-state index is 0.0721. The molecule has 1 aliphatic rings. The van der Waals surface area contributed by atoms with Crippen LogP contribution in [0, 0.1) is 5.82 Å². The minimum Gasteiger partial charge on any atom is -0.497 e. The number of rotatable bonds is 4. The first kappa shape index (κ1) is 18.4. The third kappa shape index (κ3) is 3.74. The molecular weight excluding hydrogens is 355 g/mol. The Bertz CT molecular complexity index is 915. The molecular formula is C19H17FN2O5. The molecule has 2 aromatic carbocycles. The van der Waals surface area contributed by atoms with Crippen molar-refractivity contribution in [3.05, 3.63) is 65.0 Å². The van der Waals surface area contributed by atoms with Gasteiger partial charge in [0.05, 0.1) is 12.7 Å². The fraction of sp³-hybridized carbons (Fsp3) is 0.211. The Hall–Kier alpha value is -3.42. The van der Waals surface area contributed by atoms with Crippen LogP contribution in [0.4, 0.5) is 4.39 Å². The molecule has 0 spiro atoms. The number of hydrogen-bond acceptors (Lipinski definition) is 4. The lowest BCUT2D eigenvalue weighted by Crippen LogP contribution is -2.52. The average Bonchev–Trinajstić information content (AvgIpc) is 2.66. The van der Waals surface area contributed by atoms with Gasteiger partial charge in [-0.2, -0.15) is 0 Å². The molecule has 1 atom stereocenters. The molecule has 0 aliphatic carbocycles. The molecule has 2 amide bonds. The van der Waals surface area contributed by atoms with Gasteiger partial charge in [-0.05, 0) is 35.9 Å². The fourth-order valence-corrected chi connectivity index (χ4v) is 3.02. The molecule has 27 heavy (non-hydrogen) atoms. The average molecular weight is 372 g/mol. The van der Waals surface area contributed by atoms with Crippen LogP contribution in [0.2, 0.25) is 0 Å². The van der Waals surface area contributed by atoms with Gasteiger partial charge in [-0.15, -0.1) is 0 Å². The molecule has 3 rings (SSSR count). The maximum Gasteiger partial charge on any atom is 0.335 e. The highest BCUT2D eigenvalue weighted by Gasteiger charge is 2.35. The van der Waals surface area contributed by atoms with Crippen LogP contribution in [-0.4, -0.2) is 48.0 Å². The minimum atomic E-state index is -1.21. The lowest BCUT2D eigenvalue weighted by molar-refractivity contribution is -0.128. The smallest absolute Gasteiger partial charge is 0.335 e. The molecule has 1 aliphatic heterocycles. The van der Waals surface area contributed by atoms with Gasteiger partial charge in [0, 0.05) is 18.7 Å². The Morgan fingerprint density at radius 1 is 1.22 bits per heavy atom. The van der Waals surface area contributed by atoms with E-state index in [1.54, 1.807) is 6.07 Å². The highest BCUT2D eigenvalue weighted by atomic mass is 19.1. The zero-order valence-corrected chi connectivity index (χ0v) is 14.4. The lowest BCUT2D eigenvalue weighted by Gasteiger charge is -2.35. The molecule has 0 radical (unpaired) electrons. The molecule has 0 bridgehead atoms. The second kappa shape index (κ2) is 7.45. The van der Waals surface area contributed by atoms with Crippen molar-refractivity contribution in [3.8, 4) is 5.75 Å². The van der Waals surface area contributed by atoms with Crippen LogP contribution in [0.25, 0.3) is 0 Å². The van der Waals surface area contributed by atoms with Crippen molar-refractivity contribution in [3.63, 3.8) is 0 Å². The maximum absolute atomic E-state index is 13.6. The number of piperazine rings is 1. The quantitative estimate of drug-likeness (QED) is 0.854. The molecule has 2 aromatic rings. The number of ether oxygens (including phenoxy) is 1.